The van der Waals surface area contributed by atoms with Crippen LogP contribution in [-0.4, -0.2) is 9.97 Å². The molecule has 2 heterocycles. The third-order valence-electron chi connectivity index (χ3n) is 1.87. The molecule has 0 radical (unpaired) electrons. The van der Waals surface area contributed by atoms with E-state index in [4.69, 9.17) is 0 Å². The van der Waals surface area contributed by atoms with Crippen molar-refractivity contribution in [1.29, 1.82) is 0 Å². The Balaban J connectivity index is 2.52. The first-order chi connectivity index (χ1) is 6.27. The molecule has 2 rings (SSSR count). The highest BCUT2D eigenvalue weighted by atomic mass is 32.1. The Labute approximate surface area is 81.3 Å². The average Bonchev–Trinajstić information content (AvgIpc) is 2.53. The van der Waals surface area contributed by atoms with Crippen LogP contribution < -0.4 is 0 Å². The van der Waals surface area contributed by atoms with Crippen LogP contribution in [0.25, 0.3) is 10.6 Å². The number of rotatable bonds is 1. The molecule has 0 saturated carbocycles. The fourth-order valence-electron chi connectivity index (χ4n) is 1.19. The largest absolute Gasteiger partial charge is 0.264 e. The fourth-order valence-corrected chi connectivity index (χ4v) is 2.08. The fraction of sp³-hybridized carbons (Fsp3) is 0.200. The van der Waals surface area contributed by atoms with Gasteiger partial charge in [0.15, 0.2) is 0 Å². The Morgan fingerprint density at radius 1 is 1.31 bits per heavy atom. The predicted molar refractivity (Wildman–Crippen MR) is 54.8 cm³/mol. The van der Waals surface area contributed by atoms with Gasteiger partial charge in [-0.25, -0.2) is 4.98 Å². The molecule has 0 spiro atoms. The lowest BCUT2D eigenvalue weighted by molar-refractivity contribution is 1.23. The van der Waals surface area contributed by atoms with Crippen LogP contribution in [0.4, 0.5) is 0 Å². The van der Waals surface area contributed by atoms with Crippen molar-refractivity contribution >= 4 is 11.3 Å². The van der Waals surface area contributed by atoms with Crippen molar-refractivity contribution in [3.63, 3.8) is 0 Å². The van der Waals surface area contributed by atoms with E-state index in [0.29, 0.717) is 0 Å². The van der Waals surface area contributed by atoms with Crippen LogP contribution in [0.2, 0.25) is 0 Å². The van der Waals surface area contributed by atoms with E-state index in [1.165, 1.54) is 11.1 Å². The third-order valence-corrected chi connectivity index (χ3v) is 2.86. The minimum atomic E-state index is 1.08. The van der Waals surface area contributed by atoms with Crippen molar-refractivity contribution < 1.29 is 0 Å². The van der Waals surface area contributed by atoms with Gasteiger partial charge in [-0.1, -0.05) is 0 Å². The molecule has 0 atom stereocenters. The summed E-state index contributed by atoms with van der Waals surface area (Å²) < 4.78 is 0. The summed E-state index contributed by atoms with van der Waals surface area (Å²) >= 11 is 1.68. The molecule has 0 amide bonds. The Kier molecular flexibility index (Phi) is 2.10. The van der Waals surface area contributed by atoms with Gasteiger partial charge in [-0.2, -0.15) is 0 Å². The summed E-state index contributed by atoms with van der Waals surface area (Å²) in [5.74, 6) is 0. The van der Waals surface area contributed by atoms with Gasteiger partial charge in [-0.15, -0.1) is 11.3 Å². The molecule has 2 aromatic rings. The van der Waals surface area contributed by atoms with Crippen molar-refractivity contribution in [3.8, 4) is 10.6 Å². The van der Waals surface area contributed by atoms with Crippen LogP contribution in [0.5, 0.6) is 0 Å². The van der Waals surface area contributed by atoms with Crippen LogP contribution in [0.15, 0.2) is 23.8 Å². The predicted octanol–water partition coefficient (Wildman–Crippen LogP) is 2.82. The summed E-state index contributed by atoms with van der Waals surface area (Å²) in [4.78, 5) is 8.49. The molecule has 0 bridgehead atoms. The molecule has 0 aliphatic carbocycles. The number of aromatic nitrogens is 2. The van der Waals surface area contributed by atoms with Gasteiger partial charge in [0, 0.05) is 29.0 Å². The summed E-state index contributed by atoms with van der Waals surface area (Å²) in [5, 5.41) is 3.15. The van der Waals surface area contributed by atoms with Crippen molar-refractivity contribution in [2.24, 2.45) is 0 Å². The molecule has 0 aromatic carbocycles. The summed E-state index contributed by atoms with van der Waals surface area (Å²) in [6, 6.07) is 2.01. The van der Waals surface area contributed by atoms with Gasteiger partial charge in [0.05, 0.1) is 0 Å². The molecule has 2 nitrogen and oxygen atoms in total. The zero-order valence-corrected chi connectivity index (χ0v) is 8.43. The van der Waals surface area contributed by atoms with Crippen LogP contribution in [0, 0.1) is 13.8 Å². The van der Waals surface area contributed by atoms with Crippen LogP contribution in [-0.2, 0) is 0 Å². The smallest absolute Gasteiger partial charge is 0.123 e. The standard InChI is InChI=1S/C10H10N2S/c1-7-5-11-4-3-9(7)10-12-8(2)6-13-10/h3-6H,1-2H3. The summed E-state index contributed by atoms with van der Waals surface area (Å²) in [6.07, 6.45) is 3.67. The molecule has 0 aliphatic rings. The minimum absolute atomic E-state index is 1.08. The van der Waals surface area contributed by atoms with Gasteiger partial charge < -0.3 is 0 Å². The minimum Gasteiger partial charge on any atom is -0.264 e. The van der Waals surface area contributed by atoms with E-state index in [0.717, 1.165) is 10.7 Å². The van der Waals surface area contributed by atoms with E-state index in [-0.39, 0.29) is 0 Å². The van der Waals surface area contributed by atoms with E-state index < -0.39 is 0 Å². The molecule has 0 unspecified atom stereocenters. The normalized spacial score (nSPS) is 10.3. The lowest BCUT2D eigenvalue weighted by atomic mass is 10.2. The molecule has 3 heteroatoms. The second-order valence-electron chi connectivity index (χ2n) is 2.98. The monoisotopic (exact) mass is 190 g/mol. The van der Waals surface area contributed by atoms with Crippen LogP contribution in [0.3, 0.4) is 0 Å². The van der Waals surface area contributed by atoms with Gasteiger partial charge >= 0.3 is 0 Å². The van der Waals surface area contributed by atoms with Gasteiger partial charge in [0.2, 0.25) is 0 Å². The summed E-state index contributed by atoms with van der Waals surface area (Å²) in [6.45, 7) is 4.07. The van der Waals surface area contributed by atoms with Crippen molar-refractivity contribution in [2.75, 3.05) is 0 Å². The van der Waals surface area contributed by atoms with Crippen LogP contribution >= 0.6 is 11.3 Å². The number of aryl methyl sites for hydroxylation is 2. The maximum absolute atomic E-state index is 4.43. The molecule has 0 N–H and O–H groups in total. The number of pyridine rings is 1. The Bertz CT molecular complexity index is 420. The Morgan fingerprint density at radius 3 is 2.77 bits per heavy atom. The van der Waals surface area contributed by atoms with Gasteiger partial charge in [0.25, 0.3) is 0 Å². The zero-order chi connectivity index (χ0) is 9.26. The number of hydrogen-bond donors (Lipinski definition) is 0. The van der Waals surface area contributed by atoms with E-state index in [1.54, 1.807) is 17.5 Å². The SMILES string of the molecule is Cc1csc(-c2ccncc2C)n1. The maximum Gasteiger partial charge on any atom is 0.123 e. The van der Waals surface area contributed by atoms with Gasteiger partial charge in [0.1, 0.15) is 5.01 Å². The molecule has 13 heavy (non-hydrogen) atoms. The summed E-state index contributed by atoms with van der Waals surface area (Å²) in [5.41, 5.74) is 3.45. The molecule has 2 aromatic heterocycles. The molecule has 0 aliphatic heterocycles. The van der Waals surface area contributed by atoms with E-state index in [2.05, 4.69) is 22.3 Å². The van der Waals surface area contributed by atoms with Gasteiger partial charge in [-0.05, 0) is 25.5 Å². The van der Waals surface area contributed by atoms with E-state index in [9.17, 15) is 0 Å². The van der Waals surface area contributed by atoms with Crippen molar-refractivity contribution in [2.45, 2.75) is 13.8 Å². The molecular formula is C10H10N2S. The highest BCUT2D eigenvalue weighted by molar-refractivity contribution is 7.13. The average molecular weight is 190 g/mol. The van der Waals surface area contributed by atoms with E-state index >= 15 is 0 Å². The first-order valence-electron chi connectivity index (χ1n) is 4.10. The summed E-state index contributed by atoms with van der Waals surface area (Å²) in [7, 11) is 0. The highest BCUT2D eigenvalue weighted by Crippen LogP contribution is 2.25. The number of nitrogens with zero attached hydrogens (tertiary/aromatic N) is 2. The quantitative estimate of drug-likeness (QED) is 0.691. The highest BCUT2D eigenvalue weighted by Gasteiger charge is 2.04. The molecule has 66 valence electrons. The van der Waals surface area contributed by atoms with Crippen LogP contribution in [0.1, 0.15) is 11.3 Å². The van der Waals surface area contributed by atoms with Gasteiger partial charge in [-0.3, -0.25) is 4.98 Å². The molecule has 0 fully saturated rings. The first-order valence-corrected chi connectivity index (χ1v) is 4.98. The Hall–Kier alpha value is -1.22. The third kappa shape index (κ3) is 1.60. The maximum atomic E-state index is 4.43. The van der Waals surface area contributed by atoms with Crippen molar-refractivity contribution in [3.05, 3.63) is 35.1 Å². The Morgan fingerprint density at radius 2 is 2.15 bits per heavy atom. The second-order valence-corrected chi connectivity index (χ2v) is 3.84. The number of hydrogen-bond acceptors (Lipinski definition) is 3. The lowest BCUT2D eigenvalue weighted by Crippen LogP contribution is -1.83. The zero-order valence-electron chi connectivity index (χ0n) is 7.61. The molecule has 0 saturated heterocycles. The van der Waals surface area contributed by atoms with Crippen molar-refractivity contribution in [1.82, 2.24) is 9.97 Å². The second kappa shape index (κ2) is 3.26. The number of thiazole rings is 1. The van der Waals surface area contributed by atoms with E-state index in [1.807, 2.05) is 19.2 Å². The first kappa shape index (κ1) is 8.38. The topological polar surface area (TPSA) is 25.8 Å². The molecular weight excluding hydrogens is 180 g/mol. The lowest BCUT2D eigenvalue weighted by Gasteiger charge is -1.98.